The molecule has 0 radical (unpaired) electrons. The van der Waals surface area contributed by atoms with E-state index in [0.717, 1.165) is 12.8 Å². The predicted molar refractivity (Wildman–Crippen MR) is 325 cm³/mol. The molecule has 1 fully saturated rings. The van der Waals surface area contributed by atoms with Crippen molar-refractivity contribution in [2.75, 3.05) is 9.80 Å². The van der Waals surface area contributed by atoms with E-state index in [-0.39, 0.29) is 50.0 Å². The van der Waals surface area contributed by atoms with Gasteiger partial charge in [0.2, 0.25) is 0 Å². The van der Waals surface area contributed by atoms with Crippen molar-refractivity contribution >= 4 is 57.2 Å². The largest absolute Gasteiger partial charge is 0.311 e. The van der Waals surface area contributed by atoms with Crippen LogP contribution in [0.3, 0.4) is 0 Å². The third-order valence-electron chi connectivity index (χ3n) is 20.8. The minimum Gasteiger partial charge on any atom is -0.311 e. The highest BCUT2D eigenvalue weighted by Gasteiger charge is 2.51. The van der Waals surface area contributed by atoms with Gasteiger partial charge in [-0.3, -0.25) is 0 Å². The average molecular weight is 993 g/mol. The third kappa shape index (κ3) is 7.66. The van der Waals surface area contributed by atoms with Gasteiger partial charge in [-0.25, -0.2) is 0 Å². The lowest BCUT2D eigenvalue weighted by atomic mass is 9.32. The summed E-state index contributed by atoms with van der Waals surface area (Å²) in [6.45, 7) is 44.8. The Morgan fingerprint density at radius 3 is 1.40 bits per heavy atom. The molecule has 0 unspecified atom stereocenters. The van der Waals surface area contributed by atoms with Crippen LogP contribution in [0.5, 0.6) is 0 Å². The van der Waals surface area contributed by atoms with Crippen LogP contribution in [0.15, 0.2) is 97.1 Å². The fourth-order valence-corrected chi connectivity index (χ4v) is 16.7. The van der Waals surface area contributed by atoms with E-state index in [9.17, 15) is 0 Å². The van der Waals surface area contributed by atoms with Gasteiger partial charge in [0, 0.05) is 39.5 Å². The van der Waals surface area contributed by atoms with Crippen LogP contribution in [0, 0.1) is 6.92 Å². The molecule has 0 bridgehead atoms. The highest BCUT2D eigenvalue weighted by atomic mass is 15.2. The van der Waals surface area contributed by atoms with Crippen molar-refractivity contribution in [3.63, 3.8) is 0 Å². The molecule has 1 saturated carbocycles. The second-order valence-electron chi connectivity index (χ2n) is 30.6. The van der Waals surface area contributed by atoms with Crippen LogP contribution in [-0.4, -0.2) is 6.71 Å². The minimum absolute atomic E-state index is 0.0391. The Morgan fingerprint density at radius 2 is 0.880 bits per heavy atom. The summed E-state index contributed by atoms with van der Waals surface area (Å²) in [6.07, 6.45) is 11.0. The number of nitrogens with zero attached hydrogens (tertiary/aromatic N) is 2. The first-order valence-electron chi connectivity index (χ1n) is 29.5. The molecule has 4 aliphatic carbocycles. The molecule has 0 atom stereocenters. The lowest BCUT2D eigenvalue weighted by Gasteiger charge is -2.48. The third-order valence-corrected chi connectivity index (χ3v) is 20.8. The number of hydrogen-bond donors (Lipinski definition) is 0. The molecule has 390 valence electrons. The van der Waals surface area contributed by atoms with E-state index < -0.39 is 0 Å². The van der Waals surface area contributed by atoms with Crippen LogP contribution < -0.4 is 26.2 Å². The topological polar surface area (TPSA) is 6.48 Å². The van der Waals surface area contributed by atoms with E-state index in [0.29, 0.717) is 5.92 Å². The predicted octanol–water partition coefficient (Wildman–Crippen LogP) is 18.0. The van der Waals surface area contributed by atoms with Gasteiger partial charge in [0.05, 0.1) is 0 Å². The van der Waals surface area contributed by atoms with Gasteiger partial charge in [0.15, 0.2) is 0 Å². The van der Waals surface area contributed by atoms with Gasteiger partial charge in [-0.1, -0.05) is 198 Å². The Hall–Kier alpha value is -5.02. The van der Waals surface area contributed by atoms with E-state index >= 15 is 0 Å². The number of anilines is 6. The molecule has 0 spiro atoms. The van der Waals surface area contributed by atoms with E-state index in [4.69, 9.17) is 0 Å². The standard InChI is InChI=1S/C72H89BN2/c1-44-33-50-54(70(13,14)42-68(50,9)10)39-59(44)75-61-40-53-51(66(5,6)31-32-67(53,7)8)37-56(61)73-57-38-52-55(71(15,16)43-69(52,11)12)41-60(57)74(62-35-48(65(2,3)4)36-63(75)64(62)73)58-30-29-47(34-49(58)45-25-21-19-22-26-45)72(17,18)46-27-23-20-24-28-46/h20,23-24,27-30,33-41,45H,19,21-22,25-26,31-32,42-43H2,1-18H3. The Morgan fingerprint density at radius 1 is 0.427 bits per heavy atom. The van der Waals surface area contributed by atoms with Crippen LogP contribution in [0.2, 0.25) is 0 Å². The molecule has 2 aliphatic heterocycles. The Labute approximate surface area is 454 Å². The quantitative estimate of drug-likeness (QED) is 0.159. The van der Waals surface area contributed by atoms with E-state index in [1.54, 1.807) is 5.56 Å². The molecule has 0 saturated heterocycles. The van der Waals surface area contributed by atoms with Gasteiger partial charge in [-0.05, 0) is 203 Å². The summed E-state index contributed by atoms with van der Waals surface area (Å²) in [7, 11) is 0. The first kappa shape index (κ1) is 50.8. The zero-order chi connectivity index (χ0) is 53.5. The van der Waals surface area contributed by atoms with Crippen molar-refractivity contribution in [2.45, 2.75) is 232 Å². The summed E-state index contributed by atoms with van der Waals surface area (Å²) in [5, 5.41) is 0. The number of fused-ring (bicyclic) bond motifs is 7. The van der Waals surface area contributed by atoms with Crippen molar-refractivity contribution in [2.24, 2.45) is 0 Å². The van der Waals surface area contributed by atoms with Gasteiger partial charge in [-0.15, -0.1) is 0 Å². The molecule has 6 aliphatic rings. The second kappa shape index (κ2) is 16.3. The molecule has 0 aromatic heterocycles. The zero-order valence-electron chi connectivity index (χ0n) is 49.7. The van der Waals surface area contributed by atoms with Gasteiger partial charge < -0.3 is 9.80 Å². The lowest BCUT2D eigenvalue weighted by molar-refractivity contribution is 0.332. The van der Waals surface area contributed by atoms with Gasteiger partial charge in [0.25, 0.3) is 6.71 Å². The molecule has 0 amide bonds. The van der Waals surface area contributed by atoms with Crippen molar-refractivity contribution in [1.82, 2.24) is 0 Å². The number of aryl methyl sites for hydroxylation is 1. The minimum atomic E-state index is -0.154. The summed E-state index contributed by atoms with van der Waals surface area (Å²) in [5.41, 5.74) is 29.0. The van der Waals surface area contributed by atoms with Crippen LogP contribution in [0.1, 0.15) is 243 Å². The van der Waals surface area contributed by atoms with Crippen molar-refractivity contribution in [3.8, 4) is 0 Å². The fraction of sp³-hybridized carbons (Fsp3) is 0.500. The highest BCUT2D eigenvalue weighted by molar-refractivity contribution is 7.00. The summed E-state index contributed by atoms with van der Waals surface area (Å²) in [4.78, 5) is 5.66. The molecular weight excluding hydrogens is 904 g/mol. The monoisotopic (exact) mass is 993 g/mol. The molecular formula is C72H89BN2. The van der Waals surface area contributed by atoms with Gasteiger partial charge in [-0.2, -0.15) is 0 Å². The molecule has 2 nitrogen and oxygen atoms in total. The Balaban J connectivity index is 1.23. The highest BCUT2D eigenvalue weighted by Crippen LogP contribution is 2.57. The summed E-state index contributed by atoms with van der Waals surface area (Å²) < 4.78 is 0. The van der Waals surface area contributed by atoms with Crippen molar-refractivity contribution in [1.29, 1.82) is 0 Å². The maximum atomic E-state index is 2.85. The second-order valence-corrected chi connectivity index (χ2v) is 30.6. The van der Waals surface area contributed by atoms with Gasteiger partial charge >= 0.3 is 0 Å². The van der Waals surface area contributed by atoms with Crippen molar-refractivity contribution in [3.05, 3.63) is 158 Å². The Kier molecular flexibility index (Phi) is 11.0. The molecule has 3 heteroatoms. The normalized spacial score (nSPS) is 21.2. The molecule has 75 heavy (non-hydrogen) atoms. The van der Waals surface area contributed by atoms with E-state index in [1.807, 2.05) is 0 Å². The summed E-state index contributed by atoms with van der Waals surface area (Å²) >= 11 is 0. The van der Waals surface area contributed by atoms with E-state index in [1.165, 1.54) is 151 Å². The Bertz CT molecular complexity index is 3340. The first-order valence-corrected chi connectivity index (χ1v) is 29.5. The van der Waals surface area contributed by atoms with Crippen LogP contribution in [-0.2, 0) is 43.3 Å². The molecule has 12 rings (SSSR count). The first-order chi connectivity index (χ1) is 34.9. The van der Waals surface area contributed by atoms with Crippen LogP contribution in [0.25, 0.3) is 0 Å². The number of hydrogen-bond acceptors (Lipinski definition) is 2. The lowest BCUT2D eigenvalue weighted by Crippen LogP contribution is -2.62. The average Bonchev–Trinajstić information content (AvgIpc) is 3.66. The zero-order valence-corrected chi connectivity index (χ0v) is 49.7. The maximum Gasteiger partial charge on any atom is 0.252 e. The SMILES string of the molecule is Cc1cc2c(cc1N1c3cc4c(cc3B3c5cc6c(cc5N(c5ccc(C(C)(C)c7ccccc7)cc5C5CCCCC5)c5cc(C(C)(C)C)cc1c53)C(C)(C)CC6(C)C)C(C)(C)CCC4(C)C)C(C)(C)CC2(C)C. The van der Waals surface area contributed by atoms with Crippen LogP contribution >= 0.6 is 0 Å². The molecule has 6 aromatic rings. The van der Waals surface area contributed by atoms with E-state index in [2.05, 4.69) is 231 Å². The summed E-state index contributed by atoms with van der Waals surface area (Å²) in [5.74, 6) is 0.490. The smallest absolute Gasteiger partial charge is 0.252 e. The molecule has 0 N–H and O–H groups in total. The molecule has 2 heterocycles. The van der Waals surface area contributed by atoms with Crippen molar-refractivity contribution < 1.29 is 0 Å². The molecule has 6 aromatic carbocycles. The fourth-order valence-electron chi connectivity index (χ4n) is 16.7. The number of rotatable bonds is 5. The van der Waals surface area contributed by atoms with Gasteiger partial charge in [0.1, 0.15) is 0 Å². The van der Waals surface area contributed by atoms with Crippen LogP contribution in [0.4, 0.5) is 34.1 Å². The maximum absolute atomic E-state index is 2.85. The summed E-state index contributed by atoms with van der Waals surface area (Å²) in [6, 6.07) is 40.6. The number of benzene rings is 6.